The van der Waals surface area contributed by atoms with Gasteiger partial charge in [0.1, 0.15) is 0 Å². The molecule has 0 saturated heterocycles. The van der Waals surface area contributed by atoms with Crippen molar-refractivity contribution >= 4 is 50.7 Å². The number of anilines is 1. The van der Waals surface area contributed by atoms with E-state index in [4.69, 9.17) is 23.2 Å². The highest BCUT2D eigenvalue weighted by Gasteiger charge is 2.19. The summed E-state index contributed by atoms with van der Waals surface area (Å²) in [7, 11) is 0. The number of rotatable bonds is 2. The number of aryl methyl sites for hydroxylation is 1. The Balaban J connectivity index is 1.97. The fourth-order valence-electron chi connectivity index (χ4n) is 2.46. The van der Waals surface area contributed by atoms with Crippen molar-refractivity contribution in [1.29, 1.82) is 0 Å². The molecule has 2 nitrogen and oxygen atoms in total. The predicted octanol–water partition coefficient (Wildman–Crippen LogP) is 5.32. The molecule has 0 spiro atoms. The molecule has 1 atom stereocenters. The summed E-state index contributed by atoms with van der Waals surface area (Å²) >= 11 is 16.3. The van der Waals surface area contributed by atoms with Crippen LogP contribution in [0.2, 0.25) is 5.02 Å². The monoisotopic (exact) mass is 383 g/mol. The Morgan fingerprint density at radius 2 is 2.00 bits per heavy atom. The molecule has 0 fully saturated rings. The van der Waals surface area contributed by atoms with Gasteiger partial charge in [-0.25, -0.2) is 0 Å². The molecule has 0 aromatic heterocycles. The van der Waals surface area contributed by atoms with Crippen molar-refractivity contribution in [2.75, 3.05) is 5.32 Å². The lowest BCUT2D eigenvalue weighted by Gasteiger charge is -2.20. The van der Waals surface area contributed by atoms with Gasteiger partial charge >= 0.3 is 0 Å². The maximum absolute atomic E-state index is 11.4. The van der Waals surface area contributed by atoms with E-state index in [1.165, 1.54) is 0 Å². The van der Waals surface area contributed by atoms with Crippen LogP contribution in [-0.4, -0.2) is 5.91 Å². The number of carbonyl (C=O) groups excluding carboxylic acids is 1. The van der Waals surface area contributed by atoms with Crippen molar-refractivity contribution < 1.29 is 4.79 Å². The molecule has 108 valence electrons. The Hall–Kier alpha value is -1.03. The van der Waals surface area contributed by atoms with Gasteiger partial charge in [0.25, 0.3) is 0 Å². The van der Waals surface area contributed by atoms with E-state index in [1.807, 2.05) is 36.4 Å². The molecule has 1 N–H and O–H groups in total. The number of nitrogens with one attached hydrogen (secondary N) is 1. The van der Waals surface area contributed by atoms with E-state index in [1.54, 1.807) is 0 Å². The molecular formula is C16H12BrCl2NO. The van der Waals surface area contributed by atoms with Gasteiger partial charge < -0.3 is 5.32 Å². The van der Waals surface area contributed by atoms with Gasteiger partial charge in [-0.3, -0.25) is 4.79 Å². The molecule has 21 heavy (non-hydrogen) atoms. The number of carbonyl (C=O) groups is 1. The van der Waals surface area contributed by atoms with Crippen LogP contribution in [0.1, 0.15) is 28.5 Å². The summed E-state index contributed by atoms with van der Waals surface area (Å²) in [6.07, 6.45) is 1.26. The van der Waals surface area contributed by atoms with Gasteiger partial charge in [0.2, 0.25) is 5.91 Å². The first kappa shape index (κ1) is 14.9. The molecule has 2 aromatic carbocycles. The molecule has 1 heterocycles. The summed E-state index contributed by atoms with van der Waals surface area (Å²) in [5.41, 5.74) is 3.84. The maximum Gasteiger partial charge on any atom is 0.224 e. The lowest BCUT2D eigenvalue weighted by molar-refractivity contribution is -0.116. The Morgan fingerprint density at radius 3 is 2.81 bits per heavy atom. The Labute approximate surface area is 141 Å². The number of benzene rings is 2. The highest BCUT2D eigenvalue weighted by atomic mass is 79.9. The SMILES string of the molecule is O=C1CCc2cc(C(Cl)c3cccc(Br)c3Cl)ccc2N1. The van der Waals surface area contributed by atoms with E-state index in [2.05, 4.69) is 21.2 Å². The van der Waals surface area contributed by atoms with E-state index >= 15 is 0 Å². The minimum absolute atomic E-state index is 0.0627. The molecule has 1 amide bonds. The average Bonchev–Trinajstić information content (AvgIpc) is 2.49. The van der Waals surface area contributed by atoms with Crippen LogP contribution in [0.5, 0.6) is 0 Å². The van der Waals surface area contributed by atoms with Gasteiger partial charge in [0, 0.05) is 16.6 Å². The standard InChI is InChI=1S/C16H12BrCl2NO/c17-12-3-1-2-11(16(12)19)15(18)10-4-6-13-9(8-10)5-7-14(21)20-13/h1-4,6,8,15H,5,7H2,(H,20,21). The second kappa shape index (κ2) is 5.99. The van der Waals surface area contributed by atoms with Crippen LogP contribution >= 0.6 is 39.1 Å². The Kier molecular flexibility index (Phi) is 4.25. The molecule has 5 heteroatoms. The van der Waals surface area contributed by atoms with Crippen LogP contribution in [0.15, 0.2) is 40.9 Å². The summed E-state index contributed by atoms with van der Waals surface area (Å²) in [4.78, 5) is 11.4. The van der Waals surface area contributed by atoms with Gasteiger partial charge in [-0.1, -0.05) is 35.9 Å². The number of halogens is 3. The maximum atomic E-state index is 11.4. The zero-order chi connectivity index (χ0) is 15.0. The second-order valence-corrected chi connectivity index (χ2v) is 6.64. The van der Waals surface area contributed by atoms with Crippen molar-refractivity contribution in [3.05, 3.63) is 62.6 Å². The van der Waals surface area contributed by atoms with E-state index in [9.17, 15) is 4.79 Å². The second-order valence-electron chi connectivity index (χ2n) is 4.97. The normalized spacial score (nSPS) is 15.3. The van der Waals surface area contributed by atoms with Gasteiger partial charge in [0.05, 0.1) is 10.4 Å². The molecule has 0 aliphatic carbocycles. The average molecular weight is 385 g/mol. The lowest BCUT2D eigenvalue weighted by Crippen LogP contribution is -2.19. The number of amides is 1. The van der Waals surface area contributed by atoms with Gasteiger partial charge in [0.15, 0.2) is 0 Å². The smallest absolute Gasteiger partial charge is 0.224 e. The molecular weight excluding hydrogens is 373 g/mol. The summed E-state index contributed by atoms with van der Waals surface area (Å²) in [6.45, 7) is 0. The molecule has 3 rings (SSSR count). The van der Waals surface area contributed by atoms with Crippen molar-refractivity contribution in [2.24, 2.45) is 0 Å². The van der Waals surface area contributed by atoms with Crippen molar-refractivity contribution in [1.82, 2.24) is 0 Å². The summed E-state index contributed by atoms with van der Waals surface area (Å²) < 4.78 is 0.831. The fraction of sp³-hybridized carbons (Fsp3) is 0.188. The molecule has 0 bridgehead atoms. The van der Waals surface area contributed by atoms with Crippen LogP contribution in [0.25, 0.3) is 0 Å². The number of fused-ring (bicyclic) bond motifs is 1. The van der Waals surface area contributed by atoms with E-state index < -0.39 is 0 Å². The topological polar surface area (TPSA) is 29.1 Å². The van der Waals surface area contributed by atoms with Crippen molar-refractivity contribution in [3.63, 3.8) is 0 Å². The molecule has 0 saturated carbocycles. The van der Waals surface area contributed by atoms with Gasteiger partial charge in [-0.15, -0.1) is 11.6 Å². The van der Waals surface area contributed by atoms with Crippen LogP contribution in [0.4, 0.5) is 5.69 Å². The molecule has 1 aliphatic rings. The largest absolute Gasteiger partial charge is 0.326 e. The number of hydrogen-bond acceptors (Lipinski definition) is 1. The minimum Gasteiger partial charge on any atom is -0.326 e. The molecule has 0 radical (unpaired) electrons. The third-order valence-electron chi connectivity index (χ3n) is 3.57. The summed E-state index contributed by atoms with van der Waals surface area (Å²) in [5.74, 6) is 0.0627. The van der Waals surface area contributed by atoms with Crippen LogP contribution in [-0.2, 0) is 11.2 Å². The zero-order valence-electron chi connectivity index (χ0n) is 11.0. The van der Waals surface area contributed by atoms with E-state index in [0.29, 0.717) is 11.4 Å². The highest BCUT2D eigenvalue weighted by Crippen LogP contribution is 2.38. The Morgan fingerprint density at radius 1 is 1.19 bits per heavy atom. The molecule has 1 aliphatic heterocycles. The molecule has 2 aromatic rings. The first-order valence-electron chi connectivity index (χ1n) is 6.57. The first-order chi connectivity index (χ1) is 10.1. The summed E-state index contributed by atoms with van der Waals surface area (Å²) in [5, 5.41) is 3.18. The van der Waals surface area contributed by atoms with Crippen molar-refractivity contribution in [2.45, 2.75) is 18.2 Å². The fourth-order valence-corrected chi connectivity index (χ4v) is 3.45. The van der Waals surface area contributed by atoms with E-state index in [0.717, 1.165) is 33.3 Å². The third-order valence-corrected chi connectivity index (χ3v) is 5.37. The van der Waals surface area contributed by atoms with Gasteiger partial charge in [-0.2, -0.15) is 0 Å². The predicted molar refractivity (Wildman–Crippen MR) is 90.2 cm³/mol. The Bertz CT molecular complexity index is 717. The van der Waals surface area contributed by atoms with Gasteiger partial charge in [-0.05, 0) is 51.2 Å². The van der Waals surface area contributed by atoms with Crippen LogP contribution in [0, 0.1) is 0 Å². The highest BCUT2D eigenvalue weighted by molar-refractivity contribution is 9.10. The van der Waals surface area contributed by atoms with Crippen molar-refractivity contribution in [3.8, 4) is 0 Å². The van der Waals surface area contributed by atoms with Crippen LogP contribution in [0.3, 0.4) is 0 Å². The molecule has 1 unspecified atom stereocenters. The quantitative estimate of drug-likeness (QED) is 0.698. The zero-order valence-corrected chi connectivity index (χ0v) is 14.1. The third kappa shape index (κ3) is 2.96. The number of hydrogen-bond donors (Lipinski definition) is 1. The lowest BCUT2D eigenvalue weighted by atomic mass is 9.97. The van der Waals surface area contributed by atoms with E-state index in [-0.39, 0.29) is 11.3 Å². The minimum atomic E-state index is -0.321. The number of alkyl halides is 1. The van der Waals surface area contributed by atoms with Crippen LogP contribution < -0.4 is 5.32 Å². The summed E-state index contributed by atoms with van der Waals surface area (Å²) in [6, 6.07) is 11.6. The first-order valence-corrected chi connectivity index (χ1v) is 8.17.